The lowest BCUT2D eigenvalue weighted by atomic mass is 10.1. The lowest BCUT2D eigenvalue weighted by Gasteiger charge is -2.19. The molecule has 1 aliphatic rings. The Morgan fingerprint density at radius 1 is 1.44 bits per heavy atom. The summed E-state index contributed by atoms with van der Waals surface area (Å²) in [6.45, 7) is 5.22. The first-order chi connectivity index (χ1) is 7.66. The summed E-state index contributed by atoms with van der Waals surface area (Å²) >= 11 is 0. The van der Waals surface area contributed by atoms with E-state index in [-0.39, 0.29) is 6.10 Å². The maximum atomic E-state index is 5.53. The summed E-state index contributed by atoms with van der Waals surface area (Å²) in [4.78, 5) is 6.74. The highest BCUT2D eigenvalue weighted by atomic mass is 16.5. The molecule has 1 fully saturated rings. The van der Waals surface area contributed by atoms with Gasteiger partial charge >= 0.3 is 0 Å². The van der Waals surface area contributed by atoms with Crippen molar-refractivity contribution in [2.75, 3.05) is 13.6 Å². The van der Waals surface area contributed by atoms with E-state index in [1.807, 2.05) is 26.1 Å². The molecule has 0 aromatic carbocycles. The molecule has 0 bridgehead atoms. The second-order valence-electron chi connectivity index (χ2n) is 4.74. The maximum Gasteiger partial charge on any atom is 0.213 e. The summed E-state index contributed by atoms with van der Waals surface area (Å²) in [6, 6.07) is 4.65. The maximum absolute atomic E-state index is 5.53. The molecule has 0 unspecified atom stereocenters. The van der Waals surface area contributed by atoms with Gasteiger partial charge in [0.25, 0.3) is 0 Å². The topological polar surface area (TPSA) is 25.4 Å². The van der Waals surface area contributed by atoms with Crippen LogP contribution in [-0.2, 0) is 0 Å². The van der Waals surface area contributed by atoms with Gasteiger partial charge in [-0.05, 0) is 45.8 Å². The van der Waals surface area contributed by atoms with Crippen LogP contribution in [-0.4, -0.2) is 29.6 Å². The second kappa shape index (κ2) is 4.83. The van der Waals surface area contributed by atoms with Gasteiger partial charge in [-0.3, -0.25) is 4.90 Å². The Kier molecular flexibility index (Phi) is 3.44. The standard InChI is InChI=1S/C13H20N2O/c1-10(2)16-13-7-6-11(9-14-13)12-5-4-8-15(12)3/h6-7,9-10,12H,4-5,8H2,1-3H3/t12-/m1/s1. The average molecular weight is 220 g/mol. The molecule has 16 heavy (non-hydrogen) atoms. The molecule has 1 aromatic rings. The molecule has 0 amide bonds. The zero-order chi connectivity index (χ0) is 11.5. The van der Waals surface area contributed by atoms with Crippen LogP contribution in [0.25, 0.3) is 0 Å². The molecule has 2 heterocycles. The minimum Gasteiger partial charge on any atom is -0.475 e. The van der Waals surface area contributed by atoms with Crippen LogP contribution in [0.2, 0.25) is 0 Å². The van der Waals surface area contributed by atoms with Gasteiger partial charge in [-0.1, -0.05) is 6.07 Å². The number of aromatic nitrogens is 1. The molecular weight excluding hydrogens is 200 g/mol. The average Bonchev–Trinajstić information content (AvgIpc) is 2.65. The van der Waals surface area contributed by atoms with E-state index < -0.39 is 0 Å². The Balaban J connectivity index is 2.07. The zero-order valence-corrected chi connectivity index (χ0v) is 10.3. The molecule has 0 saturated carbocycles. The molecule has 1 saturated heterocycles. The highest BCUT2D eigenvalue weighted by molar-refractivity contribution is 5.21. The molecule has 2 rings (SSSR count). The fourth-order valence-corrected chi connectivity index (χ4v) is 2.23. The number of likely N-dealkylation sites (tertiary alicyclic amines) is 1. The smallest absolute Gasteiger partial charge is 0.213 e. The largest absolute Gasteiger partial charge is 0.475 e. The van der Waals surface area contributed by atoms with Gasteiger partial charge in [0, 0.05) is 18.3 Å². The third-order valence-electron chi connectivity index (χ3n) is 3.02. The number of ether oxygens (including phenoxy) is 1. The summed E-state index contributed by atoms with van der Waals surface area (Å²) in [5.74, 6) is 0.722. The Morgan fingerprint density at radius 2 is 2.25 bits per heavy atom. The minimum atomic E-state index is 0.188. The molecule has 0 N–H and O–H groups in total. The lowest BCUT2D eigenvalue weighted by molar-refractivity contribution is 0.232. The molecule has 3 heteroatoms. The molecule has 0 radical (unpaired) electrons. The summed E-state index contributed by atoms with van der Waals surface area (Å²) in [6.07, 6.45) is 4.66. The number of hydrogen-bond donors (Lipinski definition) is 0. The van der Waals surface area contributed by atoms with Crippen molar-refractivity contribution < 1.29 is 4.74 Å². The van der Waals surface area contributed by atoms with Crippen molar-refractivity contribution in [3.05, 3.63) is 23.9 Å². The van der Waals surface area contributed by atoms with E-state index in [0.29, 0.717) is 6.04 Å². The van der Waals surface area contributed by atoms with E-state index in [2.05, 4.69) is 23.0 Å². The van der Waals surface area contributed by atoms with Gasteiger partial charge in [0.15, 0.2) is 0 Å². The van der Waals surface area contributed by atoms with Crippen molar-refractivity contribution in [3.63, 3.8) is 0 Å². The third-order valence-corrected chi connectivity index (χ3v) is 3.02. The SMILES string of the molecule is CC(C)Oc1ccc([C@H]2CCCN2C)cn1. The molecule has 3 nitrogen and oxygen atoms in total. The first-order valence-corrected chi connectivity index (χ1v) is 5.99. The van der Waals surface area contributed by atoms with Gasteiger partial charge in [0.1, 0.15) is 0 Å². The third kappa shape index (κ3) is 2.53. The van der Waals surface area contributed by atoms with Gasteiger partial charge in [-0.15, -0.1) is 0 Å². The molecule has 1 aromatic heterocycles. The predicted molar refractivity (Wildman–Crippen MR) is 64.6 cm³/mol. The minimum absolute atomic E-state index is 0.188. The van der Waals surface area contributed by atoms with E-state index in [4.69, 9.17) is 4.74 Å². The van der Waals surface area contributed by atoms with Gasteiger partial charge < -0.3 is 4.74 Å². The fourth-order valence-electron chi connectivity index (χ4n) is 2.23. The predicted octanol–water partition coefficient (Wildman–Crippen LogP) is 2.64. The van der Waals surface area contributed by atoms with Crippen molar-refractivity contribution in [1.82, 2.24) is 9.88 Å². The van der Waals surface area contributed by atoms with E-state index >= 15 is 0 Å². The van der Waals surface area contributed by atoms with E-state index in [9.17, 15) is 0 Å². The summed E-state index contributed by atoms with van der Waals surface area (Å²) in [7, 11) is 2.18. The van der Waals surface area contributed by atoms with Gasteiger partial charge in [-0.25, -0.2) is 4.98 Å². The fraction of sp³-hybridized carbons (Fsp3) is 0.615. The van der Waals surface area contributed by atoms with Crippen LogP contribution in [0.1, 0.15) is 38.3 Å². The van der Waals surface area contributed by atoms with Crippen molar-refractivity contribution >= 4 is 0 Å². The molecule has 0 spiro atoms. The molecule has 1 aliphatic heterocycles. The van der Waals surface area contributed by atoms with Crippen LogP contribution in [0.15, 0.2) is 18.3 Å². The van der Waals surface area contributed by atoms with Crippen molar-refractivity contribution in [1.29, 1.82) is 0 Å². The first-order valence-electron chi connectivity index (χ1n) is 5.99. The van der Waals surface area contributed by atoms with Crippen molar-refractivity contribution in [2.24, 2.45) is 0 Å². The Bertz CT molecular complexity index is 334. The van der Waals surface area contributed by atoms with E-state index in [1.165, 1.54) is 24.9 Å². The van der Waals surface area contributed by atoms with Crippen LogP contribution in [0, 0.1) is 0 Å². The summed E-state index contributed by atoms with van der Waals surface area (Å²) < 4.78 is 5.53. The number of pyridine rings is 1. The zero-order valence-electron chi connectivity index (χ0n) is 10.3. The monoisotopic (exact) mass is 220 g/mol. The summed E-state index contributed by atoms with van der Waals surface area (Å²) in [5.41, 5.74) is 1.30. The highest BCUT2D eigenvalue weighted by Crippen LogP contribution is 2.30. The van der Waals surface area contributed by atoms with Crippen molar-refractivity contribution in [2.45, 2.75) is 38.8 Å². The Labute approximate surface area is 97.4 Å². The first kappa shape index (κ1) is 11.4. The Hall–Kier alpha value is -1.09. The highest BCUT2D eigenvalue weighted by Gasteiger charge is 2.22. The quantitative estimate of drug-likeness (QED) is 0.783. The van der Waals surface area contributed by atoms with Crippen LogP contribution < -0.4 is 4.74 Å². The van der Waals surface area contributed by atoms with Crippen LogP contribution in [0.4, 0.5) is 0 Å². The Morgan fingerprint density at radius 3 is 2.75 bits per heavy atom. The van der Waals surface area contributed by atoms with Crippen LogP contribution in [0.3, 0.4) is 0 Å². The molecule has 88 valence electrons. The molecule has 1 atom stereocenters. The van der Waals surface area contributed by atoms with Gasteiger partial charge in [0.2, 0.25) is 5.88 Å². The van der Waals surface area contributed by atoms with Crippen LogP contribution in [0.5, 0.6) is 5.88 Å². The van der Waals surface area contributed by atoms with Gasteiger partial charge in [-0.2, -0.15) is 0 Å². The van der Waals surface area contributed by atoms with Crippen molar-refractivity contribution in [3.8, 4) is 5.88 Å². The number of hydrogen-bond acceptors (Lipinski definition) is 3. The normalized spacial score (nSPS) is 21.6. The van der Waals surface area contributed by atoms with E-state index in [0.717, 1.165) is 5.88 Å². The summed E-state index contributed by atoms with van der Waals surface area (Å²) in [5, 5.41) is 0. The molecular formula is C13H20N2O. The van der Waals surface area contributed by atoms with E-state index in [1.54, 1.807) is 0 Å². The second-order valence-corrected chi connectivity index (χ2v) is 4.74. The lowest BCUT2D eigenvalue weighted by Crippen LogP contribution is -2.17. The van der Waals surface area contributed by atoms with Crippen LogP contribution >= 0.6 is 0 Å². The number of rotatable bonds is 3. The van der Waals surface area contributed by atoms with Gasteiger partial charge in [0.05, 0.1) is 6.10 Å². The molecule has 0 aliphatic carbocycles. The number of nitrogens with zero attached hydrogens (tertiary/aromatic N) is 2.